The molecule has 0 unspecified atom stereocenters. The van der Waals surface area contributed by atoms with Crippen molar-refractivity contribution in [1.29, 1.82) is 0 Å². The average molecular weight is 365 g/mol. The predicted molar refractivity (Wildman–Crippen MR) is 79.7 cm³/mol. The molecule has 1 aromatic rings. The van der Waals surface area contributed by atoms with Crippen molar-refractivity contribution in [2.75, 3.05) is 25.6 Å². The van der Waals surface area contributed by atoms with Gasteiger partial charge in [-0.2, -0.15) is 0 Å². The molecule has 0 N–H and O–H groups in total. The first-order chi connectivity index (χ1) is 9.61. The molecule has 1 amide bonds. The second-order valence-electron chi connectivity index (χ2n) is 4.68. The second-order valence-corrected chi connectivity index (χ2v) is 5.91. The zero-order chi connectivity index (χ0) is 14.5. The number of halogens is 3. The number of alkyl halides is 1. The zero-order valence-corrected chi connectivity index (χ0v) is 13.3. The Morgan fingerprint density at radius 1 is 1.45 bits per heavy atom. The van der Waals surface area contributed by atoms with Gasteiger partial charge in [0.2, 0.25) is 0 Å². The van der Waals surface area contributed by atoms with Crippen LogP contribution in [0.5, 0.6) is 0 Å². The third kappa shape index (κ3) is 3.93. The standard InChI is InChI=1S/C14H16BrClFNO2/c15-13-9-10(17)1-2-12(13)14(19)18-6-3-11(4-7-18)20-8-5-16/h1-2,9,11H,3-8H2. The first-order valence-corrected chi connectivity index (χ1v) is 7.86. The molecule has 0 aromatic heterocycles. The van der Waals surface area contributed by atoms with E-state index in [1.807, 2.05) is 0 Å². The fourth-order valence-corrected chi connectivity index (χ4v) is 2.88. The van der Waals surface area contributed by atoms with E-state index in [0.717, 1.165) is 12.8 Å². The number of benzene rings is 1. The van der Waals surface area contributed by atoms with E-state index in [1.165, 1.54) is 18.2 Å². The molecule has 0 atom stereocenters. The quantitative estimate of drug-likeness (QED) is 0.766. The summed E-state index contributed by atoms with van der Waals surface area (Å²) in [5.74, 6) is 0.0519. The van der Waals surface area contributed by atoms with Crippen molar-refractivity contribution in [3.8, 4) is 0 Å². The van der Waals surface area contributed by atoms with Gasteiger partial charge in [-0.1, -0.05) is 0 Å². The molecule has 1 heterocycles. The number of hydrogen-bond donors (Lipinski definition) is 0. The highest BCUT2D eigenvalue weighted by atomic mass is 79.9. The van der Waals surface area contributed by atoms with Gasteiger partial charge < -0.3 is 9.64 Å². The monoisotopic (exact) mass is 363 g/mol. The first kappa shape index (κ1) is 15.7. The van der Waals surface area contributed by atoms with Crippen LogP contribution >= 0.6 is 27.5 Å². The van der Waals surface area contributed by atoms with E-state index in [-0.39, 0.29) is 17.8 Å². The third-order valence-corrected chi connectivity index (χ3v) is 4.13. The topological polar surface area (TPSA) is 29.5 Å². The molecule has 1 aliphatic heterocycles. The molecule has 0 bridgehead atoms. The second kappa shape index (κ2) is 7.38. The van der Waals surface area contributed by atoms with E-state index < -0.39 is 0 Å². The summed E-state index contributed by atoms with van der Waals surface area (Å²) in [7, 11) is 0. The summed E-state index contributed by atoms with van der Waals surface area (Å²) in [5.41, 5.74) is 0.492. The van der Waals surface area contributed by atoms with Gasteiger partial charge in [-0.25, -0.2) is 4.39 Å². The summed E-state index contributed by atoms with van der Waals surface area (Å²) < 4.78 is 19.1. The van der Waals surface area contributed by atoms with Gasteiger partial charge in [0.25, 0.3) is 5.91 Å². The van der Waals surface area contributed by atoms with Crippen LogP contribution in [-0.2, 0) is 4.74 Å². The van der Waals surface area contributed by atoms with Gasteiger partial charge in [-0.05, 0) is 47.0 Å². The van der Waals surface area contributed by atoms with Crippen molar-refractivity contribution in [2.24, 2.45) is 0 Å². The number of carbonyl (C=O) groups excluding carboxylic acids is 1. The number of hydrogen-bond acceptors (Lipinski definition) is 2. The lowest BCUT2D eigenvalue weighted by molar-refractivity contribution is 0.0154. The van der Waals surface area contributed by atoms with Gasteiger partial charge in [-0.15, -0.1) is 11.6 Å². The first-order valence-electron chi connectivity index (χ1n) is 6.53. The molecule has 2 rings (SSSR count). The van der Waals surface area contributed by atoms with Crippen molar-refractivity contribution < 1.29 is 13.9 Å². The highest BCUT2D eigenvalue weighted by Crippen LogP contribution is 2.22. The van der Waals surface area contributed by atoms with Crippen LogP contribution in [0.25, 0.3) is 0 Å². The Morgan fingerprint density at radius 2 is 2.15 bits per heavy atom. The van der Waals surface area contributed by atoms with Gasteiger partial charge in [0.15, 0.2) is 0 Å². The molecule has 0 aliphatic carbocycles. The van der Waals surface area contributed by atoms with E-state index in [9.17, 15) is 9.18 Å². The molecule has 1 fully saturated rings. The molecule has 6 heteroatoms. The Kier molecular flexibility index (Phi) is 5.81. The maximum Gasteiger partial charge on any atom is 0.255 e. The fraction of sp³-hybridized carbons (Fsp3) is 0.500. The van der Waals surface area contributed by atoms with Crippen LogP contribution in [0.2, 0.25) is 0 Å². The van der Waals surface area contributed by atoms with Gasteiger partial charge >= 0.3 is 0 Å². The summed E-state index contributed by atoms with van der Waals surface area (Å²) in [5, 5.41) is 0. The number of ether oxygens (including phenoxy) is 1. The van der Waals surface area contributed by atoms with Crippen molar-refractivity contribution in [3.05, 3.63) is 34.1 Å². The number of nitrogens with zero attached hydrogens (tertiary/aromatic N) is 1. The van der Waals surface area contributed by atoms with E-state index in [0.29, 0.717) is 35.6 Å². The van der Waals surface area contributed by atoms with Gasteiger partial charge in [0, 0.05) is 23.4 Å². The highest BCUT2D eigenvalue weighted by molar-refractivity contribution is 9.10. The van der Waals surface area contributed by atoms with Crippen molar-refractivity contribution >= 4 is 33.4 Å². The fourth-order valence-electron chi connectivity index (χ4n) is 2.27. The Hall–Kier alpha value is -0.650. The van der Waals surface area contributed by atoms with Gasteiger partial charge in [-0.3, -0.25) is 4.79 Å². The van der Waals surface area contributed by atoms with Crippen molar-refractivity contribution in [1.82, 2.24) is 4.90 Å². The lowest BCUT2D eigenvalue weighted by atomic mass is 10.1. The van der Waals surface area contributed by atoms with Crippen LogP contribution < -0.4 is 0 Å². The van der Waals surface area contributed by atoms with Crippen molar-refractivity contribution in [2.45, 2.75) is 18.9 Å². The molecular formula is C14H16BrClFNO2. The summed E-state index contributed by atoms with van der Waals surface area (Å²) >= 11 is 8.82. The third-order valence-electron chi connectivity index (χ3n) is 3.32. The molecule has 1 aromatic carbocycles. The Labute approximate surface area is 131 Å². The lowest BCUT2D eigenvalue weighted by Crippen LogP contribution is -2.41. The number of likely N-dealkylation sites (tertiary alicyclic amines) is 1. The molecule has 0 spiro atoms. The number of amides is 1. The molecule has 1 saturated heterocycles. The number of piperidine rings is 1. The Bertz CT molecular complexity index is 478. The predicted octanol–water partition coefficient (Wildman–Crippen LogP) is 3.45. The van der Waals surface area contributed by atoms with Gasteiger partial charge in [0.05, 0.1) is 18.3 Å². The van der Waals surface area contributed by atoms with Crippen LogP contribution in [0.15, 0.2) is 22.7 Å². The number of rotatable bonds is 4. The zero-order valence-electron chi connectivity index (χ0n) is 10.9. The SMILES string of the molecule is O=C(c1ccc(F)cc1Br)N1CCC(OCCCl)CC1. The largest absolute Gasteiger partial charge is 0.377 e. The molecule has 20 heavy (non-hydrogen) atoms. The minimum absolute atomic E-state index is 0.0762. The molecule has 110 valence electrons. The van der Waals surface area contributed by atoms with E-state index in [4.69, 9.17) is 16.3 Å². The molecule has 3 nitrogen and oxygen atoms in total. The molecule has 0 saturated carbocycles. The van der Waals surface area contributed by atoms with Crippen LogP contribution in [0.3, 0.4) is 0 Å². The summed E-state index contributed by atoms with van der Waals surface area (Å²) in [4.78, 5) is 14.1. The van der Waals surface area contributed by atoms with Crippen LogP contribution in [0, 0.1) is 5.82 Å². The molecule has 0 radical (unpaired) electrons. The summed E-state index contributed by atoms with van der Waals surface area (Å²) in [6, 6.07) is 4.12. The maximum atomic E-state index is 13.0. The molecule has 1 aliphatic rings. The normalized spacial score (nSPS) is 16.4. The smallest absolute Gasteiger partial charge is 0.255 e. The Morgan fingerprint density at radius 3 is 2.75 bits per heavy atom. The molecular weight excluding hydrogens is 349 g/mol. The minimum atomic E-state index is -0.360. The van der Waals surface area contributed by atoms with Crippen molar-refractivity contribution in [3.63, 3.8) is 0 Å². The van der Waals surface area contributed by atoms with Crippen LogP contribution in [0.1, 0.15) is 23.2 Å². The van der Waals surface area contributed by atoms with Crippen LogP contribution in [-0.4, -0.2) is 42.5 Å². The summed E-state index contributed by atoms with van der Waals surface area (Å²) in [6.45, 7) is 1.84. The minimum Gasteiger partial charge on any atom is -0.377 e. The highest BCUT2D eigenvalue weighted by Gasteiger charge is 2.25. The lowest BCUT2D eigenvalue weighted by Gasteiger charge is -2.32. The van der Waals surface area contributed by atoms with Crippen LogP contribution in [0.4, 0.5) is 4.39 Å². The average Bonchev–Trinajstić information content (AvgIpc) is 2.45. The van der Waals surface area contributed by atoms with E-state index in [2.05, 4.69) is 15.9 Å². The van der Waals surface area contributed by atoms with Gasteiger partial charge in [0.1, 0.15) is 5.82 Å². The van der Waals surface area contributed by atoms with E-state index in [1.54, 1.807) is 4.90 Å². The van der Waals surface area contributed by atoms with E-state index >= 15 is 0 Å². The Balaban J connectivity index is 1.94. The summed E-state index contributed by atoms with van der Waals surface area (Å²) in [6.07, 6.45) is 1.79. The number of carbonyl (C=O) groups is 1. The maximum absolute atomic E-state index is 13.0.